The molecule has 2 aromatic carbocycles. The summed E-state index contributed by atoms with van der Waals surface area (Å²) in [6, 6.07) is 12.4. The first-order chi connectivity index (χ1) is 9.33. The molecular weight excluding hydrogens is 256 g/mol. The summed E-state index contributed by atoms with van der Waals surface area (Å²) in [5.41, 5.74) is 1.03. The number of alkyl halides is 1. The van der Waals surface area contributed by atoms with Crippen LogP contribution in [0.4, 0.5) is 0 Å². The monoisotopic (exact) mass is 272 g/mol. The Hall–Kier alpha value is -1.65. The summed E-state index contributed by atoms with van der Waals surface area (Å²) >= 11 is 5.61. The van der Waals surface area contributed by atoms with Gasteiger partial charge in [0, 0.05) is 17.9 Å². The molecule has 2 aromatic rings. The fraction of sp³-hybridized carbons (Fsp3) is 0.294. The number of hydrogen-bond acceptors (Lipinski definition) is 1. The quantitative estimate of drug-likeness (QED) is 0.583. The van der Waals surface area contributed by atoms with E-state index in [9.17, 15) is 0 Å². The molecule has 0 spiro atoms. The predicted molar refractivity (Wildman–Crippen MR) is 81.9 cm³/mol. The molecule has 0 atom stereocenters. The highest BCUT2D eigenvalue weighted by atomic mass is 35.5. The van der Waals surface area contributed by atoms with Crippen LogP contribution >= 0.6 is 11.6 Å². The fourth-order valence-corrected chi connectivity index (χ4v) is 1.92. The number of fused-ring (bicyclic) bond motifs is 1. The summed E-state index contributed by atoms with van der Waals surface area (Å²) in [7, 11) is 0. The largest absolute Gasteiger partial charge is 0.494 e. The summed E-state index contributed by atoms with van der Waals surface area (Å²) in [4.78, 5) is 0. The van der Waals surface area contributed by atoms with Crippen molar-refractivity contribution >= 4 is 22.4 Å². The molecule has 2 rings (SSSR count). The van der Waals surface area contributed by atoms with E-state index < -0.39 is 0 Å². The van der Waals surface area contributed by atoms with Crippen molar-refractivity contribution in [1.29, 1.82) is 0 Å². The summed E-state index contributed by atoms with van der Waals surface area (Å²) in [5.74, 6) is 7.68. The van der Waals surface area contributed by atoms with Crippen molar-refractivity contribution in [2.45, 2.75) is 19.8 Å². The van der Waals surface area contributed by atoms with Gasteiger partial charge in [0.2, 0.25) is 0 Å². The average molecular weight is 273 g/mol. The molecule has 0 saturated carbocycles. The van der Waals surface area contributed by atoms with Crippen LogP contribution in [0.25, 0.3) is 10.8 Å². The van der Waals surface area contributed by atoms with Gasteiger partial charge in [-0.3, -0.25) is 0 Å². The zero-order valence-corrected chi connectivity index (χ0v) is 11.8. The molecule has 0 aliphatic carbocycles. The van der Waals surface area contributed by atoms with Gasteiger partial charge in [0.15, 0.2) is 0 Å². The molecule has 1 nitrogen and oxygen atoms in total. The van der Waals surface area contributed by atoms with Crippen LogP contribution in [-0.4, -0.2) is 12.5 Å². The van der Waals surface area contributed by atoms with E-state index in [1.165, 1.54) is 10.8 Å². The second-order valence-electron chi connectivity index (χ2n) is 4.31. The molecule has 0 heterocycles. The molecule has 0 amide bonds. The maximum absolute atomic E-state index is 5.63. The summed E-state index contributed by atoms with van der Waals surface area (Å²) < 4.78 is 5.63. The van der Waals surface area contributed by atoms with Crippen LogP contribution in [0.3, 0.4) is 0 Å². The number of ether oxygens (including phenoxy) is 1. The Kier molecular flexibility index (Phi) is 5.12. The third-order valence-corrected chi connectivity index (χ3v) is 2.93. The van der Waals surface area contributed by atoms with Crippen LogP contribution in [0, 0.1) is 11.8 Å². The second-order valence-corrected chi connectivity index (χ2v) is 4.69. The Morgan fingerprint density at radius 1 is 1.11 bits per heavy atom. The zero-order valence-electron chi connectivity index (χ0n) is 11.1. The van der Waals surface area contributed by atoms with Gasteiger partial charge < -0.3 is 4.74 Å². The van der Waals surface area contributed by atoms with Crippen molar-refractivity contribution in [2.24, 2.45) is 0 Å². The molecule has 19 heavy (non-hydrogen) atoms. The number of rotatable bonds is 4. The molecule has 0 fully saturated rings. The smallest absolute Gasteiger partial charge is 0.119 e. The summed E-state index contributed by atoms with van der Waals surface area (Å²) in [6.45, 7) is 2.86. The lowest BCUT2D eigenvalue weighted by molar-refractivity contribution is 0.318. The minimum absolute atomic E-state index is 0.582. The van der Waals surface area contributed by atoms with Crippen molar-refractivity contribution in [2.75, 3.05) is 12.5 Å². The first-order valence-electron chi connectivity index (χ1n) is 6.55. The predicted octanol–water partition coefficient (Wildman–Crippen LogP) is 4.61. The van der Waals surface area contributed by atoms with Gasteiger partial charge in [-0.1, -0.05) is 30.9 Å². The highest BCUT2D eigenvalue weighted by Gasteiger charge is 1.98. The van der Waals surface area contributed by atoms with Crippen molar-refractivity contribution in [3.05, 3.63) is 42.0 Å². The molecular formula is C17H17ClO. The average Bonchev–Trinajstić information content (AvgIpc) is 2.45. The van der Waals surface area contributed by atoms with Gasteiger partial charge in [-0.2, -0.15) is 0 Å². The first kappa shape index (κ1) is 13.8. The SMILES string of the molecule is CCCOc1ccc2cc(C#CCCCl)ccc2c1. The van der Waals surface area contributed by atoms with E-state index >= 15 is 0 Å². The Morgan fingerprint density at radius 3 is 2.68 bits per heavy atom. The number of halogens is 1. The molecule has 0 bridgehead atoms. The van der Waals surface area contributed by atoms with Crippen molar-refractivity contribution < 1.29 is 4.74 Å². The maximum Gasteiger partial charge on any atom is 0.119 e. The number of benzene rings is 2. The lowest BCUT2D eigenvalue weighted by Gasteiger charge is -2.06. The van der Waals surface area contributed by atoms with E-state index in [0.29, 0.717) is 5.88 Å². The minimum Gasteiger partial charge on any atom is -0.494 e. The Morgan fingerprint density at radius 2 is 1.89 bits per heavy atom. The molecule has 0 N–H and O–H groups in total. The third-order valence-electron chi connectivity index (χ3n) is 2.74. The van der Waals surface area contributed by atoms with Gasteiger partial charge in [0.05, 0.1) is 6.61 Å². The van der Waals surface area contributed by atoms with Crippen LogP contribution in [0.5, 0.6) is 5.75 Å². The molecule has 0 aromatic heterocycles. The van der Waals surface area contributed by atoms with E-state index in [1.807, 2.05) is 12.1 Å². The van der Waals surface area contributed by atoms with Crippen LogP contribution in [0.2, 0.25) is 0 Å². The van der Waals surface area contributed by atoms with Gasteiger partial charge in [0.25, 0.3) is 0 Å². The van der Waals surface area contributed by atoms with E-state index in [0.717, 1.165) is 30.8 Å². The van der Waals surface area contributed by atoms with E-state index in [4.69, 9.17) is 16.3 Å². The van der Waals surface area contributed by atoms with Crippen molar-refractivity contribution in [3.8, 4) is 17.6 Å². The van der Waals surface area contributed by atoms with Gasteiger partial charge >= 0.3 is 0 Å². The lowest BCUT2D eigenvalue weighted by atomic mass is 10.1. The van der Waals surface area contributed by atoms with Gasteiger partial charge in [-0.05, 0) is 41.5 Å². The highest BCUT2D eigenvalue weighted by Crippen LogP contribution is 2.22. The number of hydrogen-bond donors (Lipinski definition) is 0. The lowest BCUT2D eigenvalue weighted by Crippen LogP contribution is -1.94. The molecule has 98 valence electrons. The van der Waals surface area contributed by atoms with Gasteiger partial charge in [-0.25, -0.2) is 0 Å². The molecule has 0 unspecified atom stereocenters. The third kappa shape index (κ3) is 3.91. The maximum atomic E-state index is 5.63. The zero-order chi connectivity index (χ0) is 13.5. The Balaban J connectivity index is 2.23. The minimum atomic E-state index is 0.582. The fourth-order valence-electron chi connectivity index (χ4n) is 1.82. The standard InChI is InChI=1S/C17H17ClO/c1-2-11-19-17-9-8-15-12-14(5-3-4-10-18)6-7-16(15)13-17/h6-9,12-13H,2,4,10-11H2,1H3. The van der Waals surface area contributed by atoms with Crippen LogP contribution in [0.1, 0.15) is 25.3 Å². The molecule has 0 saturated heterocycles. The molecule has 0 aliphatic heterocycles. The summed E-state index contributed by atoms with van der Waals surface area (Å²) in [5, 5.41) is 2.36. The van der Waals surface area contributed by atoms with Gasteiger partial charge in [0.1, 0.15) is 5.75 Å². The molecule has 0 aliphatic rings. The van der Waals surface area contributed by atoms with Gasteiger partial charge in [-0.15, -0.1) is 11.6 Å². The van der Waals surface area contributed by atoms with Crippen molar-refractivity contribution in [1.82, 2.24) is 0 Å². The first-order valence-corrected chi connectivity index (χ1v) is 7.08. The topological polar surface area (TPSA) is 9.23 Å². The van der Waals surface area contributed by atoms with Crippen LogP contribution in [0.15, 0.2) is 36.4 Å². The second kappa shape index (κ2) is 7.07. The highest BCUT2D eigenvalue weighted by molar-refractivity contribution is 6.18. The van der Waals surface area contributed by atoms with Crippen LogP contribution < -0.4 is 4.74 Å². The van der Waals surface area contributed by atoms with E-state index in [2.05, 4.69) is 43.0 Å². The summed E-state index contributed by atoms with van der Waals surface area (Å²) in [6.07, 6.45) is 1.75. The van der Waals surface area contributed by atoms with E-state index in [-0.39, 0.29) is 0 Å². The molecule has 0 radical (unpaired) electrons. The van der Waals surface area contributed by atoms with E-state index in [1.54, 1.807) is 0 Å². The van der Waals surface area contributed by atoms with Crippen molar-refractivity contribution in [3.63, 3.8) is 0 Å². The Bertz CT molecular complexity index is 607. The normalized spacial score (nSPS) is 10.0. The Labute approximate surface area is 119 Å². The van der Waals surface area contributed by atoms with Crippen LogP contribution in [-0.2, 0) is 0 Å². The molecule has 2 heteroatoms.